The predicted octanol–water partition coefficient (Wildman–Crippen LogP) is 2.74. The highest BCUT2D eigenvalue weighted by Crippen LogP contribution is 2.45. The van der Waals surface area contributed by atoms with Gasteiger partial charge in [-0.05, 0) is 36.9 Å². The Morgan fingerprint density at radius 2 is 2.04 bits per heavy atom. The van der Waals surface area contributed by atoms with Gasteiger partial charge in [0.1, 0.15) is 23.4 Å². The van der Waals surface area contributed by atoms with Crippen molar-refractivity contribution in [3.63, 3.8) is 0 Å². The number of carbonyl (C=O) groups is 1. The second kappa shape index (κ2) is 5.79. The molecule has 134 valence electrons. The maximum atomic E-state index is 14.0. The van der Waals surface area contributed by atoms with Crippen molar-refractivity contribution in [2.45, 2.75) is 30.0 Å². The quantitative estimate of drug-likeness (QED) is 0.618. The highest BCUT2D eigenvalue weighted by atomic mass is 32.2. The fourth-order valence-electron chi connectivity index (χ4n) is 2.94. The number of aliphatic imine (C=N–C) groups is 1. The van der Waals surface area contributed by atoms with Crippen LogP contribution in [-0.2, 0) is 4.79 Å². The molecule has 5 nitrogen and oxygen atoms in total. The third-order valence-electron chi connectivity index (χ3n) is 4.35. The molecule has 2 fully saturated rings. The minimum absolute atomic E-state index is 0.000625. The Balaban J connectivity index is 1.81. The molecule has 1 saturated carbocycles. The Hall–Kier alpha value is -1.97. The van der Waals surface area contributed by atoms with Gasteiger partial charge in [0.2, 0.25) is 5.91 Å². The summed E-state index contributed by atoms with van der Waals surface area (Å²) in [5.41, 5.74) is 0.287. The first-order valence-electron chi connectivity index (χ1n) is 7.78. The Morgan fingerprint density at radius 1 is 1.28 bits per heavy atom. The molecule has 1 aliphatic carbocycles. The number of rotatable bonds is 2. The van der Waals surface area contributed by atoms with Gasteiger partial charge in [0.05, 0.1) is 17.1 Å². The molecule has 0 bridgehead atoms. The summed E-state index contributed by atoms with van der Waals surface area (Å²) >= 11 is 1.14. The summed E-state index contributed by atoms with van der Waals surface area (Å²) in [6, 6.07) is 0.336. The van der Waals surface area contributed by atoms with Crippen molar-refractivity contribution in [3.05, 3.63) is 17.9 Å². The number of benzene rings is 1. The van der Waals surface area contributed by atoms with Crippen LogP contribution in [0.3, 0.4) is 0 Å². The van der Waals surface area contributed by atoms with Gasteiger partial charge in [-0.3, -0.25) is 4.79 Å². The zero-order valence-corrected chi connectivity index (χ0v) is 13.7. The first-order chi connectivity index (χ1) is 11.8. The lowest BCUT2D eigenvalue weighted by molar-refractivity contribution is -0.153. The van der Waals surface area contributed by atoms with E-state index in [1.807, 2.05) is 0 Å². The number of hydrogen-bond donors (Lipinski definition) is 2. The van der Waals surface area contributed by atoms with Crippen molar-refractivity contribution in [1.29, 1.82) is 0 Å². The van der Waals surface area contributed by atoms with Crippen molar-refractivity contribution in [2.75, 3.05) is 18.0 Å². The lowest BCUT2D eigenvalue weighted by Gasteiger charge is -2.39. The van der Waals surface area contributed by atoms with E-state index in [-0.39, 0.29) is 17.3 Å². The highest BCUT2D eigenvalue weighted by molar-refractivity contribution is 7.98. The predicted molar refractivity (Wildman–Crippen MR) is 85.4 cm³/mol. The normalized spacial score (nSPS) is 23.5. The minimum Gasteiger partial charge on any atom is -0.352 e. The Bertz CT molecular complexity index is 763. The summed E-state index contributed by atoms with van der Waals surface area (Å²) in [6.07, 6.45) is -2.62. The largest absolute Gasteiger partial charge is 0.410 e. The number of amides is 1. The third kappa shape index (κ3) is 3.14. The number of halogens is 4. The topological polar surface area (TPSA) is 56.7 Å². The van der Waals surface area contributed by atoms with Gasteiger partial charge in [-0.15, -0.1) is 0 Å². The second-order valence-corrected chi connectivity index (χ2v) is 7.08. The molecule has 4 rings (SSSR count). The zero-order chi connectivity index (χ0) is 17.8. The molecule has 1 unspecified atom stereocenters. The van der Waals surface area contributed by atoms with Gasteiger partial charge in [-0.25, -0.2) is 9.38 Å². The van der Waals surface area contributed by atoms with Gasteiger partial charge in [0, 0.05) is 12.5 Å². The van der Waals surface area contributed by atoms with Crippen LogP contribution in [0.4, 0.5) is 28.9 Å². The molecule has 1 atom stereocenters. The monoisotopic (exact) mass is 374 g/mol. The van der Waals surface area contributed by atoms with Crippen LogP contribution in [0.5, 0.6) is 0 Å². The van der Waals surface area contributed by atoms with Gasteiger partial charge in [0.25, 0.3) is 0 Å². The van der Waals surface area contributed by atoms with Crippen LogP contribution in [-0.4, -0.2) is 37.1 Å². The number of alkyl halides is 3. The molecule has 1 aromatic rings. The maximum absolute atomic E-state index is 14.0. The zero-order valence-electron chi connectivity index (χ0n) is 12.9. The molecule has 3 aliphatic rings. The summed E-state index contributed by atoms with van der Waals surface area (Å²) in [6.45, 7) is -1.06. The SMILES string of the molecule is O=C1CN(c2cc(F)cc3c2N=C(C2CC2)NS3)C(C(F)(F)F)CN1. The summed E-state index contributed by atoms with van der Waals surface area (Å²) in [4.78, 5) is 17.4. The smallest absolute Gasteiger partial charge is 0.352 e. The van der Waals surface area contributed by atoms with Gasteiger partial charge in [-0.2, -0.15) is 13.2 Å². The summed E-state index contributed by atoms with van der Waals surface area (Å²) < 4.78 is 57.3. The third-order valence-corrected chi connectivity index (χ3v) is 5.19. The van der Waals surface area contributed by atoms with Gasteiger partial charge < -0.3 is 14.9 Å². The molecule has 2 aliphatic heterocycles. The van der Waals surface area contributed by atoms with Crippen molar-refractivity contribution in [3.8, 4) is 0 Å². The molecule has 1 aromatic carbocycles. The Morgan fingerprint density at radius 3 is 2.72 bits per heavy atom. The van der Waals surface area contributed by atoms with Crippen molar-refractivity contribution in [2.24, 2.45) is 10.9 Å². The molecule has 2 N–H and O–H groups in total. The number of nitrogens with one attached hydrogen (secondary N) is 2. The maximum Gasteiger partial charge on any atom is 0.410 e. The number of hydrogen-bond acceptors (Lipinski definition) is 5. The fraction of sp³-hybridized carbons (Fsp3) is 0.467. The molecule has 0 aromatic heterocycles. The van der Waals surface area contributed by atoms with Crippen molar-refractivity contribution in [1.82, 2.24) is 10.0 Å². The number of fused-ring (bicyclic) bond motifs is 1. The van der Waals surface area contributed by atoms with E-state index in [4.69, 9.17) is 0 Å². The van der Waals surface area contributed by atoms with E-state index in [0.29, 0.717) is 10.7 Å². The lowest BCUT2D eigenvalue weighted by atomic mass is 10.1. The fourth-order valence-corrected chi connectivity index (χ4v) is 3.78. The number of amidine groups is 1. The summed E-state index contributed by atoms with van der Waals surface area (Å²) in [5.74, 6) is -0.247. The van der Waals surface area contributed by atoms with E-state index in [2.05, 4.69) is 15.0 Å². The van der Waals surface area contributed by atoms with E-state index in [1.165, 1.54) is 6.07 Å². The number of carbonyl (C=O) groups excluding carboxylic acids is 1. The Labute approximate surface area is 145 Å². The summed E-state index contributed by atoms with van der Waals surface area (Å²) in [7, 11) is 0. The van der Waals surface area contributed by atoms with E-state index < -0.39 is 37.0 Å². The molecule has 0 spiro atoms. The molecule has 10 heteroatoms. The Kier molecular flexibility index (Phi) is 3.82. The molecule has 0 radical (unpaired) electrons. The van der Waals surface area contributed by atoms with Crippen LogP contribution in [0.2, 0.25) is 0 Å². The first-order valence-corrected chi connectivity index (χ1v) is 8.59. The second-order valence-electron chi connectivity index (χ2n) is 6.24. The van der Waals surface area contributed by atoms with Crippen LogP contribution in [0, 0.1) is 11.7 Å². The number of nitrogens with zero attached hydrogens (tertiary/aromatic N) is 2. The molecule has 1 amide bonds. The molecular weight excluding hydrogens is 360 g/mol. The van der Waals surface area contributed by atoms with Crippen LogP contribution >= 0.6 is 11.9 Å². The highest BCUT2D eigenvalue weighted by Gasteiger charge is 2.47. The first kappa shape index (κ1) is 16.5. The molecule has 2 heterocycles. The van der Waals surface area contributed by atoms with Crippen molar-refractivity contribution < 1.29 is 22.4 Å². The van der Waals surface area contributed by atoms with Gasteiger partial charge in [0.15, 0.2) is 0 Å². The number of piperazine rings is 1. The molecule has 1 saturated heterocycles. The summed E-state index contributed by atoms with van der Waals surface area (Å²) in [5, 5.41) is 2.22. The van der Waals surface area contributed by atoms with E-state index >= 15 is 0 Å². The van der Waals surface area contributed by atoms with Crippen molar-refractivity contribution >= 4 is 35.1 Å². The van der Waals surface area contributed by atoms with E-state index in [9.17, 15) is 22.4 Å². The van der Waals surface area contributed by atoms with Gasteiger partial charge >= 0.3 is 6.18 Å². The average Bonchev–Trinajstić information content (AvgIpc) is 3.37. The molecular formula is C15H14F4N4OS. The average molecular weight is 374 g/mol. The van der Waals surface area contributed by atoms with Crippen LogP contribution in [0.15, 0.2) is 22.0 Å². The molecule has 25 heavy (non-hydrogen) atoms. The standard InChI is InChI=1S/C15H14F4N4OS/c16-8-3-9(23-6-12(24)20-5-11(23)15(17,18)19)13-10(4-8)25-22-14(21-13)7-1-2-7/h3-4,7,11H,1-2,5-6H2,(H,20,24)(H,21,22). The van der Waals surface area contributed by atoms with Gasteiger partial charge in [-0.1, -0.05) is 0 Å². The van der Waals surface area contributed by atoms with Crippen LogP contribution in [0.25, 0.3) is 0 Å². The van der Waals surface area contributed by atoms with Crippen LogP contribution in [0.1, 0.15) is 12.8 Å². The minimum atomic E-state index is -4.56. The van der Waals surface area contributed by atoms with E-state index in [0.717, 1.165) is 35.8 Å². The van der Waals surface area contributed by atoms with Crippen LogP contribution < -0.4 is 14.9 Å². The lowest BCUT2D eigenvalue weighted by Crippen LogP contribution is -2.60. The number of anilines is 1. The van der Waals surface area contributed by atoms with E-state index in [1.54, 1.807) is 0 Å².